The van der Waals surface area contributed by atoms with E-state index in [1.54, 1.807) is 0 Å². The smallest absolute Gasteiger partial charge is 0.244 e. The van der Waals surface area contributed by atoms with Crippen molar-refractivity contribution >= 4 is 5.91 Å². The minimum Gasteiger partial charge on any atom is -0.380 e. The summed E-state index contributed by atoms with van der Waals surface area (Å²) in [4.78, 5) is 14.6. The molecule has 1 unspecified atom stereocenters. The Morgan fingerprint density at radius 2 is 2.05 bits per heavy atom. The Labute approximate surface area is 116 Å². The third-order valence-electron chi connectivity index (χ3n) is 4.45. The summed E-state index contributed by atoms with van der Waals surface area (Å²) in [5, 5.41) is 3.59. The third-order valence-corrected chi connectivity index (χ3v) is 4.45. The second kappa shape index (κ2) is 6.71. The van der Waals surface area contributed by atoms with Crippen molar-refractivity contribution in [2.75, 3.05) is 19.8 Å². The van der Waals surface area contributed by atoms with E-state index in [-0.39, 0.29) is 11.7 Å². The Morgan fingerprint density at radius 1 is 1.32 bits per heavy atom. The van der Waals surface area contributed by atoms with Gasteiger partial charge in [-0.25, -0.2) is 0 Å². The van der Waals surface area contributed by atoms with Crippen LogP contribution in [0.1, 0.15) is 58.8 Å². The van der Waals surface area contributed by atoms with Crippen LogP contribution in [0, 0.1) is 0 Å². The van der Waals surface area contributed by atoms with Crippen LogP contribution in [0.3, 0.4) is 0 Å². The summed E-state index contributed by atoms with van der Waals surface area (Å²) in [6.07, 6.45) is 7.82. The summed E-state index contributed by atoms with van der Waals surface area (Å²) in [7, 11) is 0. The predicted molar refractivity (Wildman–Crippen MR) is 75.9 cm³/mol. The highest BCUT2D eigenvalue weighted by Crippen LogP contribution is 2.36. The van der Waals surface area contributed by atoms with Crippen molar-refractivity contribution in [3.8, 4) is 0 Å². The number of carbonyl (C=O) groups is 1. The summed E-state index contributed by atoms with van der Waals surface area (Å²) in [6.45, 7) is 6.52. The first-order valence-corrected chi connectivity index (χ1v) is 7.90. The Bertz CT molecular complexity index is 301. The van der Waals surface area contributed by atoms with Gasteiger partial charge in [-0.2, -0.15) is 0 Å². The third kappa shape index (κ3) is 3.11. The zero-order chi connectivity index (χ0) is 13.7. The Balaban J connectivity index is 1.85. The number of ether oxygens (including phenoxy) is 1. The van der Waals surface area contributed by atoms with Gasteiger partial charge in [0.2, 0.25) is 5.91 Å². The van der Waals surface area contributed by atoms with E-state index in [1.165, 1.54) is 12.8 Å². The van der Waals surface area contributed by atoms with Crippen molar-refractivity contribution in [3.05, 3.63) is 0 Å². The molecule has 1 N–H and O–H groups in total. The van der Waals surface area contributed by atoms with Gasteiger partial charge < -0.3 is 9.64 Å². The molecule has 4 nitrogen and oxygen atoms in total. The first kappa shape index (κ1) is 14.8. The van der Waals surface area contributed by atoms with Gasteiger partial charge in [-0.3, -0.25) is 10.1 Å². The van der Waals surface area contributed by atoms with Crippen LogP contribution in [0.4, 0.5) is 0 Å². The second-order valence-corrected chi connectivity index (χ2v) is 5.82. The lowest BCUT2D eigenvalue weighted by Crippen LogP contribution is -2.44. The summed E-state index contributed by atoms with van der Waals surface area (Å²) in [5.74, 6) is 0.316. The van der Waals surface area contributed by atoms with Crippen LogP contribution < -0.4 is 5.32 Å². The van der Waals surface area contributed by atoms with E-state index < -0.39 is 0 Å². The minimum absolute atomic E-state index is 0.209. The molecule has 0 radical (unpaired) electrons. The van der Waals surface area contributed by atoms with E-state index in [0.717, 1.165) is 45.3 Å². The molecule has 4 heteroatoms. The molecule has 2 aliphatic rings. The Morgan fingerprint density at radius 3 is 2.68 bits per heavy atom. The van der Waals surface area contributed by atoms with Crippen LogP contribution in [0.2, 0.25) is 0 Å². The molecule has 2 rings (SSSR count). The molecule has 0 bridgehead atoms. The number of hydrogen-bond donors (Lipinski definition) is 1. The highest BCUT2D eigenvalue weighted by atomic mass is 16.5. The van der Waals surface area contributed by atoms with Gasteiger partial charge in [0.1, 0.15) is 0 Å². The lowest BCUT2D eigenvalue weighted by molar-refractivity contribution is -0.133. The molecule has 1 aliphatic heterocycles. The standard InChI is InChI=1S/C15H28N2O2/c1-3-5-11-19-12-10-17-13(4-2)16-15(14(17)18)8-6-7-9-15/h13,16H,3-12H2,1-2H3. The van der Waals surface area contributed by atoms with Gasteiger partial charge in [-0.15, -0.1) is 0 Å². The molecule has 1 saturated carbocycles. The zero-order valence-corrected chi connectivity index (χ0v) is 12.4. The van der Waals surface area contributed by atoms with E-state index in [1.807, 2.05) is 4.90 Å². The van der Waals surface area contributed by atoms with Gasteiger partial charge in [0.25, 0.3) is 0 Å². The average Bonchev–Trinajstić information content (AvgIpc) is 2.99. The monoisotopic (exact) mass is 268 g/mol. The summed E-state index contributed by atoms with van der Waals surface area (Å²) < 4.78 is 5.61. The fourth-order valence-corrected chi connectivity index (χ4v) is 3.30. The number of hydrogen-bond acceptors (Lipinski definition) is 3. The molecule has 1 atom stereocenters. The summed E-state index contributed by atoms with van der Waals surface area (Å²) >= 11 is 0. The molecule has 1 saturated heterocycles. The number of carbonyl (C=O) groups excluding carboxylic acids is 1. The molecule has 19 heavy (non-hydrogen) atoms. The van der Waals surface area contributed by atoms with Crippen LogP contribution in [0.15, 0.2) is 0 Å². The van der Waals surface area contributed by atoms with E-state index >= 15 is 0 Å². The van der Waals surface area contributed by atoms with Gasteiger partial charge in [0.15, 0.2) is 0 Å². The largest absolute Gasteiger partial charge is 0.380 e. The van der Waals surface area contributed by atoms with Gasteiger partial charge in [0, 0.05) is 13.2 Å². The molecule has 1 spiro atoms. The lowest BCUT2D eigenvalue weighted by Gasteiger charge is -2.23. The summed E-state index contributed by atoms with van der Waals surface area (Å²) in [6, 6.07) is 0. The normalized spacial score (nSPS) is 25.7. The predicted octanol–water partition coefficient (Wildman–Crippen LogP) is 2.28. The van der Waals surface area contributed by atoms with Crippen LogP contribution in [0.5, 0.6) is 0 Å². The maximum Gasteiger partial charge on any atom is 0.244 e. The van der Waals surface area contributed by atoms with Crippen LogP contribution in [-0.2, 0) is 9.53 Å². The first-order chi connectivity index (χ1) is 9.23. The molecule has 1 heterocycles. The van der Waals surface area contributed by atoms with E-state index in [0.29, 0.717) is 12.5 Å². The maximum atomic E-state index is 12.6. The van der Waals surface area contributed by atoms with E-state index in [4.69, 9.17) is 4.74 Å². The fraction of sp³-hybridized carbons (Fsp3) is 0.933. The molecule has 0 aromatic carbocycles. The number of amides is 1. The highest BCUT2D eigenvalue weighted by molar-refractivity contribution is 5.89. The van der Waals surface area contributed by atoms with Crippen molar-refractivity contribution in [1.29, 1.82) is 0 Å². The number of unbranched alkanes of at least 4 members (excludes halogenated alkanes) is 1. The number of nitrogens with zero attached hydrogens (tertiary/aromatic N) is 1. The van der Waals surface area contributed by atoms with Crippen molar-refractivity contribution in [3.63, 3.8) is 0 Å². The van der Waals surface area contributed by atoms with Crippen molar-refractivity contribution in [2.24, 2.45) is 0 Å². The topological polar surface area (TPSA) is 41.6 Å². The number of nitrogens with one attached hydrogen (secondary N) is 1. The SMILES string of the molecule is CCCCOCCN1C(=O)C2(CCCC2)NC1CC. The zero-order valence-electron chi connectivity index (χ0n) is 12.4. The molecule has 2 fully saturated rings. The average molecular weight is 268 g/mol. The lowest BCUT2D eigenvalue weighted by atomic mass is 9.98. The van der Waals surface area contributed by atoms with Gasteiger partial charge in [-0.05, 0) is 25.7 Å². The molecular weight excluding hydrogens is 240 g/mol. The maximum absolute atomic E-state index is 12.6. The second-order valence-electron chi connectivity index (χ2n) is 5.82. The minimum atomic E-state index is -0.232. The van der Waals surface area contributed by atoms with Crippen LogP contribution in [0.25, 0.3) is 0 Å². The van der Waals surface area contributed by atoms with Crippen LogP contribution >= 0.6 is 0 Å². The van der Waals surface area contributed by atoms with Crippen LogP contribution in [-0.4, -0.2) is 42.3 Å². The molecule has 1 amide bonds. The van der Waals surface area contributed by atoms with Gasteiger partial charge in [0.05, 0.1) is 18.3 Å². The molecule has 1 aliphatic carbocycles. The molecular formula is C15H28N2O2. The first-order valence-electron chi connectivity index (χ1n) is 7.90. The van der Waals surface area contributed by atoms with E-state index in [9.17, 15) is 4.79 Å². The van der Waals surface area contributed by atoms with E-state index in [2.05, 4.69) is 19.2 Å². The molecule has 0 aromatic heterocycles. The molecule has 0 aromatic rings. The van der Waals surface area contributed by atoms with Crippen molar-refractivity contribution < 1.29 is 9.53 Å². The Kier molecular flexibility index (Phi) is 5.22. The molecule has 110 valence electrons. The summed E-state index contributed by atoms with van der Waals surface area (Å²) in [5.41, 5.74) is -0.232. The number of rotatable bonds is 7. The Hall–Kier alpha value is -0.610. The van der Waals surface area contributed by atoms with Crippen molar-refractivity contribution in [2.45, 2.75) is 70.5 Å². The highest BCUT2D eigenvalue weighted by Gasteiger charge is 2.51. The fourth-order valence-electron chi connectivity index (χ4n) is 3.30. The van der Waals surface area contributed by atoms with Crippen molar-refractivity contribution in [1.82, 2.24) is 10.2 Å². The van der Waals surface area contributed by atoms with Gasteiger partial charge >= 0.3 is 0 Å². The quantitative estimate of drug-likeness (QED) is 0.720. The van der Waals surface area contributed by atoms with Gasteiger partial charge in [-0.1, -0.05) is 33.1 Å².